The molecule has 1 fully saturated rings. The van der Waals surface area contributed by atoms with E-state index in [9.17, 15) is 5.11 Å². The topological polar surface area (TPSA) is 39.6 Å². The van der Waals surface area contributed by atoms with Gasteiger partial charge in [-0.15, -0.1) is 0 Å². The van der Waals surface area contributed by atoms with Crippen molar-refractivity contribution in [3.63, 3.8) is 0 Å². The molecule has 1 atom stereocenters. The minimum absolute atomic E-state index is 0.291. The van der Waals surface area contributed by atoms with Gasteiger partial charge in [0, 0.05) is 24.5 Å². The van der Waals surface area contributed by atoms with Gasteiger partial charge in [-0.05, 0) is 44.8 Å². The number of fused-ring (bicyclic) bond motifs is 1. The van der Waals surface area contributed by atoms with Crippen LogP contribution in [0, 0.1) is 0 Å². The third kappa shape index (κ3) is 3.45. The Morgan fingerprint density at radius 1 is 1.24 bits per heavy atom. The lowest BCUT2D eigenvalue weighted by molar-refractivity contribution is 0.315. The Labute approximate surface area is 127 Å². The minimum atomic E-state index is 0.291. The second-order valence-electron chi connectivity index (χ2n) is 5.42. The number of rotatable bonds is 2. The second kappa shape index (κ2) is 6.76. The summed E-state index contributed by atoms with van der Waals surface area (Å²) in [7, 11) is 4.26. The van der Waals surface area contributed by atoms with E-state index in [0.29, 0.717) is 11.8 Å². The van der Waals surface area contributed by atoms with E-state index in [1.807, 2.05) is 26.1 Å². The van der Waals surface area contributed by atoms with E-state index in [2.05, 4.69) is 34.9 Å². The monoisotopic (exact) mass is 287 g/mol. The number of aromatic nitrogens is 1. The molecule has 0 saturated carbocycles. The molecule has 4 nitrogen and oxygen atoms in total. The summed E-state index contributed by atoms with van der Waals surface area (Å²) in [5, 5.41) is 10.5. The zero-order valence-corrected chi connectivity index (χ0v) is 13.4. The van der Waals surface area contributed by atoms with Crippen LogP contribution in [-0.2, 0) is 0 Å². The van der Waals surface area contributed by atoms with Crippen molar-refractivity contribution in [3.05, 3.63) is 30.5 Å². The molecule has 114 valence electrons. The molecule has 0 aliphatic carbocycles. The van der Waals surface area contributed by atoms with E-state index in [4.69, 9.17) is 0 Å². The maximum atomic E-state index is 9.55. The van der Waals surface area contributed by atoms with Gasteiger partial charge in [0.25, 0.3) is 0 Å². The van der Waals surface area contributed by atoms with Gasteiger partial charge in [-0.3, -0.25) is 4.98 Å². The Balaban J connectivity index is 0.000000774. The van der Waals surface area contributed by atoms with Gasteiger partial charge in [0.1, 0.15) is 5.75 Å². The highest BCUT2D eigenvalue weighted by molar-refractivity contribution is 5.83. The van der Waals surface area contributed by atoms with Crippen LogP contribution in [0.5, 0.6) is 5.75 Å². The quantitative estimate of drug-likeness (QED) is 0.921. The lowest BCUT2D eigenvalue weighted by Gasteiger charge is -2.21. The number of pyridine rings is 1. The Hall–Kier alpha value is -1.81. The summed E-state index contributed by atoms with van der Waals surface area (Å²) in [4.78, 5) is 9.11. The van der Waals surface area contributed by atoms with Gasteiger partial charge in [-0.2, -0.15) is 0 Å². The molecule has 0 bridgehead atoms. The summed E-state index contributed by atoms with van der Waals surface area (Å²) < 4.78 is 0. The molecule has 2 aromatic rings. The number of anilines is 1. The van der Waals surface area contributed by atoms with E-state index in [-0.39, 0.29) is 0 Å². The molecule has 4 heteroatoms. The largest absolute Gasteiger partial charge is 0.508 e. The molecule has 1 aromatic heterocycles. The van der Waals surface area contributed by atoms with Crippen LogP contribution in [0.1, 0.15) is 20.3 Å². The summed E-state index contributed by atoms with van der Waals surface area (Å²) >= 11 is 0. The molecule has 1 unspecified atom stereocenters. The Morgan fingerprint density at radius 3 is 2.67 bits per heavy atom. The molecule has 1 aliphatic rings. The smallest absolute Gasteiger partial charge is 0.116 e. The Kier molecular flexibility index (Phi) is 5.02. The van der Waals surface area contributed by atoms with Crippen molar-refractivity contribution in [2.75, 3.05) is 32.1 Å². The zero-order chi connectivity index (χ0) is 15.4. The number of nitrogens with zero attached hydrogens (tertiary/aromatic N) is 3. The third-order valence-corrected chi connectivity index (χ3v) is 3.91. The first-order valence-corrected chi connectivity index (χ1v) is 7.63. The summed E-state index contributed by atoms with van der Waals surface area (Å²) in [5.41, 5.74) is 2.06. The first-order chi connectivity index (χ1) is 10.1. The summed E-state index contributed by atoms with van der Waals surface area (Å²) in [6.07, 6.45) is 3.11. The van der Waals surface area contributed by atoms with Crippen LogP contribution in [0.3, 0.4) is 0 Å². The fraction of sp³-hybridized carbons (Fsp3) is 0.471. The minimum Gasteiger partial charge on any atom is -0.508 e. The zero-order valence-electron chi connectivity index (χ0n) is 13.4. The van der Waals surface area contributed by atoms with Gasteiger partial charge >= 0.3 is 0 Å². The molecule has 1 aliphatic heterocycles. The number of hydrogen-bond acceptors (Lipinski definition) is 4. The molecule has 0 spiro atoms. The fourth-order valence-electron chi connectivity index (χ4n) is 2.68. The molecule has 1 saturated heterocycles. The van der Waals surface area contributed by atoms with Crippen molar-refractivity contribution in [3.8, 4) is 5.75 Å². The van der Waals surface area contributed by atoms with Crippen LogP contribution < -0.4 is 4.90 Å². The number of benzene rings is 1. The molecule has 3 rings (SSSR count). The van der Waals surface area contributed by atoms with Gasteiger partial charge in [0.2, 0.25) is 0 Å². The van der Waals surface area contributed by atoms with Crippen molar-refractivity contribution in [2.45, 2.75) is 26.3 Å². The van der Waals surface area contributed by atoms with Crippen molar-refractivity contribution in [1.82, 2.24) is 9.88 Å². The van der Waals surface area contributed by atoms with Crippen LogP contribution in [0.2, 0.25) is 0 Å². The molecular weight excluding hydrogens is 262 g/mol. The predicted octanol–water partition coefficient (Wildman–Crippen LogP) is 3.11. The van der Waals surface area contributed by atoms with Gasteiger partial charge in [-0.1, -0.05) is 13.8 Å². The van der Waals surface area contributed by atoms with Crippen LogP contribution in [-0.4, -0.2) is 48.2 Å². The van der Waals surface area contributed by atoms with E-state index in [1.165, 1.54) is 6.42 Å². The lowest BCUT2D eigenvalue weighted by atomic mass is 10.2. The molecule has 1 N–H and O–H groups in total. The first kappa shape index (κ1) is 15.6. The molecule has 2 heterocycles. The standard InChI is InChI=1S/C15H19N3O.C2H6/c1-17(2)12-5-6-18(10-12)13-7-11-8-14(19)3-4-15(11)16-9-13;1-2/h3-4,7-9,12,19H,5-6,10H2,1-2H3;1-2H3. The van der Waals surface area contributed by atoms with Crippen molar-refractivity contribution < 1.29 is 5.11 Å². The predicted molar refractivity (Wildman–Crippen MR) is 89.1 cm³/mol. The van der Waals surface area contributed by atoms with E-state index >= 15 is 0 Å². The van der Waals surface area contributed by atoms with Crippen LogP contribution in [0.15, 0.2) is 30.5 Å². The van der Waals surface area contributed by atoms with Gasteiger partial charge in [-0.25, -0.2) is 0 Å². The number of likely N-dealkylation sites (N-methyl/N-ethyl adjacent to an activating group) is 1. The van der Waals surface area contributed by atoms with E-state index in [1.54, 1.807) is 12.1 Å². The van der Waals surface area contributed by atoms with E-state index < -0.39 is 0 Å². The maximum Gasteiger partial charge on any atom is 0.116 e. The molecule has 0 amide bonds. The van der Waals surface area contributed by atoms with Crippen LogP contribution in [0.25, 0.3) is 10.9 Å². The maximum absolute atomic E-state index is 9.55. The third-order valence-electron chi connectivity index (χ3n) is 3.91. The summed E-state index contributed by atoms with van der Waals surface area (Å²) in [6.45, 7) is 6.11. The van der Waals surface area contributed by atoms with Gasteiger partial charge < -0.3 is 14.9 Å². The lowest BCUT2D eigenvalue weighted by Crippen LogP contribution is -2.31. The number of aromatic hydroxyl groups is 1. The Morgan fingerprint density at radius 2 is 2.00 bits per heavy atom. The average molecular weight is 287 g/mol. The fourth-order valence-corrected chi connectivity index (χ4v) is 2.68. The molecule has 21 heavy (non-hydrogen) atoms. The SMILES string of the molecule is CC.CN(C)C1CCN(c2cnc3ccc(O)cc3c2)C1. The summed E-state index contributed by atoms with van der Waals surface area (Å²) in [5.74, 6) is 0.291. The van der Waals surface area contributed by atoms with E-state index in [0.717, 1.165) is 29.7 Å². The average Bonchev–Trinajstić information content (AvgIpc) is 2.98. The highest BCUT2D eigenvalue weighted by atomic mass is 16.3. The van der Waals surface area contributed by atoms with Crippen molar-refractivity contribution in [1.29, 1.82) is 0 Å². The van der Waals surface area contributed by atoms with Crippen LogP contribution >= 0.6 is 0 Å². The number of phenols is 1. The first-order valence-electron chi connectivity index (χ1n) is 7.63. The molecule has 0 radical (unpaired) electrons. The Bertz CT molecular complexity index is 598. The van der Waals surface area contributed by atoms with Crippen molar-refractivity contribution in [2.24, 2.45) is 0 Å². The second-order valence-corrected chi connectivity index (χ2v) is 5.42. The molecular formula is C17H25N3O. The normalized spacial score (nSPS) is 18.0. The van der Waals surface area contributed by atoms with Crippen molar-refractivity contribution >= 4 is 16.6 Å². The highest BCUT2D eigenvalue weighted by Crippen LogP contribution is 2.26. The number of phenolic OH excluding ortho intramolecular Hbond substituents is 1. The summed E-state index contributed by atoms with van der Waals surface area (Å²) in [6, 6.07) is 8.01. The van der Waals surface area contributed by atoms with Crippen LogP contribution in [0.4, 0.5) is 5.69 Å². The molecule has 1 aromatic carbocycles. The van der Waals surface area contributed by atoms with Gasteiger partial charge in [0.05, 0.1) is 17.4 Å². The highest BCUT2D eigenvalue weighted by Gasteiger charge is 2.24. The number of hydrogen-bond donors (Lipinski definition) is 1. The van der Waals surface area contributed by atoms with Gasteiger partial charge in [0.15, 0.2) is 0 Å².